The molecule has 0 aromatic heterocycles. The van der Waals surface area contributed by atoms with E-state index >= 15 is 0 Å². The molecule has 1 aliphatic rings. The van der Waals surface area contributed by atoms with Crippen molar-refractivity contribution in [3.63, 3.8) is 0 Å². The third-order valence-electron chi connectivity index (χ3n) is 4.06. The van der Waals surface area contributed by atoms with Crippen molar-refractivity contribution in [1.82, 2.24) is 4.90 Å². The molecule has 0 radical (unpaired) electrons. The van der Waals surface area contributed by atoms with Gasteiger partial charge in [-0.15, -0.1) is 0 Å². The second kappa shape index (κ2) is 7.85. The van der Waals surface area contributed by atoms with Crippen LogP contribution in [-0.2, 0) is 0 Å². The second-order valence-corrected chi connectivity index (χ2v) is 6.92. The number of piperazine rings is 1. The number of thiocarbonyl (C=S) groups is 1. The first-order valence-corrected chi connectivity index (χ1v) is 9.06. The molecule has 0 unspecified atom stereocenters. The molecule has 0 amide bonds. The van der Waals surface area contributed by atoms with Gasteiger partial charge in [0.25, 0.3) is 0 Å². The lowest BCUT2D eigenvalue weighted by Gasteiger charge is -2.37. The summed E-state index contributed by atoms with van der Waals surface area (Å²) >= 11 is 9.03. The number of ether oxygens (including phenoxy) is 1. The van der Waals surface area contributed by atoms with Crippen molar-refractivity contribution in [2.24, 2.45) is 0 Å². The van der Waals surface area contributed by atoms with Crippen LogP contribution in [0.2, 0.25) is 0 Å². The van der Waals surface area contributed by atoms with E-state index in [4.69, 9.17) is 17.0 Å². The van der Waals surface area contributed by atoms with Crippen LogP contribution in [0.1, 0.15) is 0 Å². The molecule has 0 aliphatic carbocycles. The minimum absolute atomic E-state index is 0.776. The largest absolute Gasteiger partial charge is 0.497 e. The van der Waals surface area contributed by atoms with Gasteiger partial charge in [-0.2, -0.15) is 0 Å². The third kappa shape index (κ3) is 4.19. The van der Waals surface area contributed by atoms with E-state index in [1.807, 2.05) is 36.4 Å². The maximum atomic E-state index is 5.56. The van der Waals surface area contributed by atoms with Gasteiger partial charge in [-0.05, 0) is 42.5 Å². The Balaban J connectivity index is 1.57. The average Bonchev–Trinajstić information content (AvgIpc) is 2.62. The lowest BCUT2D eigenvalue weighted by Crippen LogP contribution is -2.50. The van der Waals surface area contributed by atoms with Crippen molar-refractivity contribution in [1.29, 1.82) is 0 Å². The Morgan fingerprint density at radius 2 is 1.83 bits per heavy atom. The molecule has 24 heavy (non-hydrogen) atoms. The van der Waals surface area contributed by atoms with Crippen molar-refractivity contribution >= 4 is 44.6 Å². The maximum absolute atomic E-state index is 5.56. The van der Waals surface area contributed by atoms with Gasteiger partial charge >= 0.3 is 0 Å². The van der Waals surface area contributed by atoms with Gasteiger partial charge in [0.2, 0.25) is 0 Å². The number of anilines is 2. The predicted molar refractivity (Wildman–Crippen MR) is 107 cm³/mol. The molecule has 2 aromatic carbocycles. The molecule has 1 fully saturated rings. The Morgan fingerprint density at radius 3 is 2.54 bits per heavy atom. The number of rotatable bonds is 3. The zero-order chi connectivity index (χ0) is 16.9. The Hall–Kier alpha value is -1.79. The van der Waals surface area contributed by atoms with E-state index in [0.717, 1.165) is 47.2 Å². The van der Waals surface area contributed by atoms with Crippen molar-refractivity contribution in [3.05, 3.63) is 53.0 Å². The Bertz CT molecular complexity index is 717. The zero-order valence-electron chi connectivity index (χ0n) is 13.5. The highest BCUT2D eigenvalue weighted by atomic mass is 79.9. The summed E-state index contributed by atoms with van der Waals surface area (Å²) in [6.45, 7) is 3.68. The quantitative estimate of drug-likeness (QED) is 0.779. The van der Waals surface area contributed by atoms with Crippen LogP contribution in [0.5, 0.6) is 5.75 Å². The summed E-state index contributed by atoms with van der Waals surface area (Å²) in [5.74, 6) is 0.891. The minimum atomic E-state index is 0.776. The van der Waals surface area contributed by atoms with Gasteiger partial charge in [0, 0.05) is 48.1 Å². The fourth-order valence-corrected chi connectivity index (χ4v) is 3.44. The fraction of sp³-hybridized carbons (Fsp3) is 0.278. The predicted octanol–water partition coefficient (Wildman–Crippen LogP) is 3.98. The summed E-state index contributed by atoms with van der Waals surface area (Å²) in [4.78, 5) is 4.58. The van der Waals surface area contributed by atoms with Crippen LogP contribution in [0.15, 0.2) is 53.0 Å². The molecule has 3 rings (SSSR count). The van der Waals surface area contributed by atoms with Crippen molar-refractivity contribution in [3.8, 4) is 5.75 Å². The first-order chi connectivity index (χ1) is 11.7. The van der Waals surface area contributed by atoms with E-state index in [9.17, 15) is 0 Å². The lowest BCUT2D eigenvalue weighted by molar-refractivity contribution is 0.389. The first-order valence-electron chi connectivity index (χ1n) is 7.86. The van der Waals surface area contributed by atoms with Gasteiger partial charge in [0.15, 0.2) is 5.11 Å². The topological polar surface area (TPSA) is 27.7 Å². The molecule has 4 nitrogen and oxygen atoms in total. The molecule has 1 N–H and O–H groups in total. The van der Waals surface area contributed by atoms with Crippen LogP contribution >= 0.6 is 28.1 Å². The Kier molecular flexibility index (Phi) is 5.58. The van der Waals surface area contributed by atoms with Crippen LogP contribution in [0.3, 0.4) is 0 Å². The highest BCUT2D eigenvalue weighted by molar-refractivity contribution is 9.10. The minimum Gasteiger partial charge on any atom is -0.497 e. The highest BCUT2D eigenvalue weighted by Gasteiger charge is 2.19. The van der Waals surface area contributed by atoms with E-state index in [-0.39, 0.29) is 0 Å². The first kappa shape index (κ1) is 17.0. The molecule has 2 aromatic rings. The van der Waals surface area contributed by atoms with Gasteiger partial charge in [-0.25, -0.2) is 0 Å². The molecule has 0 atom stereocenters. The van der Waals surface area contributed by atoms with Crippen LogP contribution in [0, 0.1) is 0 Å². The van der Waals surface area contributed by atoms with Gasteiger partial charge in [-0.3, -0.25) is 0 Å². The lowest BCUT2D eigenvalue weighted by atomic mass is 10.2. The van der Waals surface area contributed by atoms with E-state index in [1.165, 1.54) is 5.69 Å². The van der Waals surface area contributed by atoms with E-state index < -0.39 is 0 Å². The van der Waals surface area contributed by atoms with Gasteiger partial charge in [-0.1, -0.05) is 28.1 Å². The second-order valence-electron chi connectivity index (χ2n) is 5.62. The number of benzene rings is 2. The zero-order valence-corrected chi connectivity index (χ0v) is 15.9. The molecule has 6 heteroatoms. The molecular weight excluding hydrogens is 386 g/mol. The van der Waals surface area contributed by atoms with Crippen molar-refractivity contribution < 1.29 is 4.74 Å². The molecule has 0 spiro atoms. The maximum Gasteiger partial charge on any atom is 0.173 e. The average molecular weight is 406 g/mol. The third-order valence-corrected chi connectivity index (χ3v) is 4.91. The SMILES string of the molecule is COc1cccc(N2CCN(C(=S)Nc3cccc(Br)c3)CC2)c1. The molecule has 126 valence electrons. The van der Waals surface area contributed by atoms with Gasteiger partial charge in [0.05, 0.1) is 7.11 Å². The van der Waals surface area contributed by atoms with E-state index in [2.05, 4.69) is 43.2 Å². The van der Waals surface area contributed by atoms with Crippen molar-refractivity contribution in [2.75, 3.05) is 43.5 Å². The van der Waals surface area contributed by atoms with Crippen LogP contribution in [0.25, 0.3) is 0 Å². The molecular formula is C18H20BrN3OS. The summed E-state index contributed by atoms with van der Waals surface area (Å²) in [5, 5.41) is 4.09. The van der Waals surface area contributed by atoms with Gasteiger partial charge in [0.1, 0.15) is 5.75 Å². The normalized spacial score (nSPS) is 14.4. The van der Waals surface area contributed by atoms with E-state index in [0.29, 0.717) is 0 Å². The van der Waals surface area contributed by atoms with E-state index in [1.54, 1.807) is 7.11 Å². The smallest absolute Gasteiger partial charge is 0.173 e. The highest BCUT2D eigenvalue weighted by Crippen LogP contribution is 2.22. The number of hydrogen-bond acceptors (Lipinski definition) is 3. The molecule has 1 heterocycles. The van der Waals surface area contributed by atoms with Crippen LogP contribution < -0.4 is 15.0 Å². The Labute approximate surface area is 156 Å². The number of methoxy groups -OCH3 is 1. The van der Waals surface area contributed by atoms with Crippen molar-refractivity contribution in [2.45, 2.75) is 0 Å². The summed E-state index contributed by atoms with van der Waals surface area (Å²) in [5.41, 5.74) is 2.20. The molecule has 0 bridgehead atoms. The Morgan fingerprint density at radius 1 is 1.08 bits per heavy atom. The summed E-state index contributed by atoms with van der Waals surface area (Å²) in [6.07, 6.45) is 0. The number of hydrogen-bond donors (Lipinski definition) is 1. The standard InChI is InChI=1S/C18H20BrN3OS/c1-23-17-7-3-6-16(13-17)21-8-10-22(11-9-21)18(24)20-15-5-2-4-14(19)12-15/h2-7,12-13H,8-11H2,1H3,(H,20,24). The summed E-state index contributed by atoms with van der Waals surface area (Å²) in [6, 6.07) is 16.2. The number of halogens is 1. The van der Waals surface area contributed by atoms with Crippen LogP contribution in [-0.4, -0.2) is 43.3 Å². The number of nitrogens with zero attached hydrogens (tertiary/aromatic N) is 2. The van der Waals surface area contributed by atoms with Gasteiger partial charge < -0.3 is 19.9 Å². The van der Waals surface area contributed by atoms with Crippen LogP contribution in [0.4, 0.5) is 11.4 Å². The summed E-state index contributed by atoms with van der Waals surface area (Å²) < 4.78 is 6.35. The monoisotopic (exact) mass is 405 g/mol. The molecule has 0 saturated carbocycles. The fourth-order valence-electron chi connectivity index (χ4n) is 2.74. The summed E-state index contributed by atoms with van der Waals surface area (Å²) in [7, 11) is 1.70. The molecule has 1 aliphatic heterocycles. The molecule has 1 saturated heterocycles. The number of nitrogens with one attached hydrogen (secondary N) is 1.